The first-order valence-corrected chi connectivity index (χ1v) is 21.5. The number of carboxylic acid groups (broad SMARTS) is 2. The molecule has 0 spiro atoms. The number of carboxylic acids is 2. The third kappa shape index (κ3) is 16.3. The van der Waals surface area contributed by atoms with Crippen LogP contribution in [-0.4, -0.2) is 47.6 Å². The van der Waals surface area contributed by atoms with Crippen molar-refractivity contribution < 1.29 is 38.7 Å². The van der Waals surface area contributed by atoms with Gasteiger partial charge in [-0.2, -0.15) is 0 Å². The van der Waals surface area contributed by atoms with Crippen molar-refractivity contribution >= 4 is 11.9 Å². The molecule has 0 heterocycles. The Hall–Kier alpha value is -3.10. The van der Waals surface area contributed by atoms with Crippen LogP contribution in [0.3, 0.4) is 0 Å². The second-order valence-corrected chi connectivity index (χ2v) is 16.2. The Labute approximate surface area is 325 Å². The molecular formula is C46H70O8. The summed E-state index contributed by atoms with van der Waals surface area (Å²) < 4.78 is 23.2. The SMILES string of the molecule is CCCCCC1CCC(CCCOc2ccc(CO[C@@H](C(=O)O)[C@@H](OCc3ccc(OCCCC4CCC(CCCCC)CC4)cc3)C(=O)O)cc2)CC1. The molecule has 4 rings (SSSR count). The highest BCUT2D eigenvalue weighted by molar-refractivity contribution is 5.83. The number of ether oxygens (including phenoxy) is 4. The lowest BCUT2D eigenvalue weighted by Gasteiger charge is -2.28. The minimum Gasteiger partial charge on any atom is -0.494 e. The van der Waals surface area contributed by atoms with Crippen molar-refractivity contribution in [2.75, 3.05) is 13.2 Å². The first kappa shape index (κ1) is 43.6. The number of rotatable bonds is 27. The van der Waals surface area contributed by atoms with Crippen LogP contribution in [0, 0.1) is 23.7 Å². The Bertz CT molecular complexity index is 1190. The molecule has 2 aliphatic rings. The summed E-state index contributed by atoms with van der Waals surface area (Å²) in [6.45, 7) is 5.73. The number of unbranched alkanes of at least 4 members (excludes halogenated alkanes) is 4. The summed E-state index contributed by atoms with van der Waals surface area (Å²) in [4.78, 5) is 24.2. The summed E-state index contributed by atoms with van der Waals surface area (Å²) in [5, 5.41) is 19.7. The van der Waals surface area contributed by atoms with E-state index < -0.39 is 24.1 Å². The zero-order valence-corrected chi connectivity index (χ0v) is 33.4. The standard InChI is InChI=1S/C46H70O8/c1-3-5-7-11-35-15-19-37(20-16-35)13-9-31-51-41-27-23-39(24-28-41)33-53-43(45(47)48)44(46(49)50)54-34-40-25-29-42(30-26-40)52-32-10-14-38-21-17-36(18-22-38)12-8-6-4-2/h23-30,35-38,43-44H,3-22,31-34H2,1-2H3,(H,47,48)(H,49,50)/t35?,36?,37?,38?,43-,44-/m1/s1. The molecule has 2 saturated carbocycles. The van der Waals surface area contributed by atoms with Gasteiger partial charge in [0, 0.05) is 0 Å². The fraction of sp³-hybridized carbons (Fsp3) is 0.696. The van der Waals surface area contributed by atoms with E-state index in [9.17, 15) is 19.8 Å². The van der Waals surface area contributed by atoms with Gasteiger partial charge in [0.15, 0.2) is 12.2 Å². The fourth-order valence-electron chi connectivity index (χ4n) is 8.42. The van der Waals surface area contributed by atoms with Crippen LogP contribution in [0.25, 0.3) is 0 Å². The molecule has 2 N–H and O–H groups in total. The van der Waals surface area contributed by atoms with Gasteiger partial charge in [-0.15, -0.1) is 0 Å². The fourth-order valence-corrected chi connectivity index (χ4v) is 8.42. The lowest BCUT2D eigenvalue weighted by atomic mass is 9.78. The largest absolute Gasteiger partial charge is 0.494 e. The van der Waals surface area contributed by atoms with Crippen molar-refractivity contribution in [1.82, 2.24) is 0 Å². The van der Waals surface area contributed by atoms with Crippen LogP contribution in [0.2, 0.25) is 0 Å². The van der Waals surface area contributed by atoms with E-state index in [1.807, 2.05) is 48.5 Å². The van der Waals surface area contributed by atoms with Crippen molar-refractivity contribution in [1.29, 1.82) is 0 Å². The molecule has 0 aliphatic heterocycles. The average Bonchev–Trinajstić information content (AvgIpc) is 3.18. The molecule has 302 valence electrons. The number of carbonyl (C=O) groups is 2. The van der Waals surface area contributed by atoms with E-state index in [0.717, 1.165) is 48.0 Å². The van der Waals surface area contributed by atoms with E-state index in [0.29, 0.717) is 24.3 Å². The van der Waals surface area contributed by atoms with E-state index in [2.05, 4.69) is 13.8 Å². The molecule has 2 fully saturated rings. The van der Waals surface area contributed by atoms with Crippen LogP contribution in [0.5, 0.6) is 11.5 Å². The molecule has 0 amide bonds. The van der Waals surface area contributed by atoms with E-state index in [-0.39, 0.29) is 13.2 Å². The van der Waals surface area contributed by atoms with Crippen LogP contribution in [0.1, 0.15) is 153 Å². The summed E-state index contributed by atoms with van der Waals surface area (Å²) >= 11 is 0. The Kier molecular flexibility index (Phi) is 20.3. The molecule has 0 unspecified atom stereocenters. The molecule has 0 radical (unpaired) electrons. The van der Waals surface area contributed by atoms with Crippen LogP contribution >= 0.6 is 0 Å². The highest BCUT2D eigenvalue weighted by Gasteiger charge is 2.36. The predicted molar refractivity (Wildman–Crippen MR) is 214 cm³/mol. The second-order valence-electron chi connectivity index (χ2n) is 16.2. The van der Waals surface area contributed by atoms with E-state index in [1.54, 1.807) is 0 Å². The van der Waals surface area contributed by atoms with Crippen LogP contribution in [0.4, 0.5) is 0 Å². The van der Waals surface area contributed by atoms with Gasteiger partial charge in [0.1, 0.15) is 11.5 Å². The van der Waals surface area contributed by atoms with Gasteiger partial charge in [-0.25, -0.2) is 9.59 Å². The highest BCUT2D eigenvalue weighted by atomic mass is 16.6. The molecule has 2 aromatic carbocycles. The Morgan fingerprint density at radius 2 is 0.833 bits per heavy atom. The summed E-state index contributed by atoms with van der Waals surface area (Å²) in [5.74, 6) is 2.21. The average molecular weight is 751 g/mol. The van der Waals surface area contributed by atoms with Gasteiger partial charge >= 0.3 is 11.9 Å². The van der Waals surface area contributed by atoms with Gasteiger partial charge in [0.2, 0.25) is 0 Å². The molecule has 2 atom stereocenters. The molecule has 8 heteroatoms. The van der Waals surface area contributed by atoms with Gasteiger partial charge < -0.3 is 29.2 Å². The quantitative estimate of drug-likeness (QED) is 0.0868. The van der Waals surface area contributed by atoms with E-state index in [4.69, 9.17) is 18.9 Å². The zero-order chi connectivity index (χ0) is 38.4. The van der Waals surface area contributed by atoms with Gasteiger partial charge in [0.05, 0.1) is 26.4 Å². The third-order valence-corrected chi connectivity index (χ3v) is 11.9. The van der Waals surface area contributed by atoms with Crippen LogP contribution in [-0.2, 0) is 32.3 Å². The van der Waals surface area contributed by atoms with Crippen molar-refractivity contribution in [3.8, 4) is 11.5 Å². The molecular weight excluding hydrogens is 680 g/mol. The lowest BCUT2D eigenvalue weighted by molar-refractivity contribution is -0.179. The zero-order valence-electron chi connectivity index (χ0n) is 33.4. The Morgan fingerprint density at radius 3 is 1.13 bits per heavy atom. The summed E-state index contributed by atoms with van der Waals surface area (Å²) in [5.41, 5.74) is 1.43. The number of hydrogen-bond acceptors (Lipinski definition) is 6. The number of hydrogen-bond donors (Lipinski definition) is 2. The molecule has 0 bridgehead atoms. The first-order chi connectivity index (χ1) is 26.3. The van der Waals surface area contributed by atoms with E-state index >= 15 is 0 Å². The second kappa shape index (κ2) is 25.1. The van der Waals surface area contributed by atoms with Gasteiger partial charge in [-0.1, -0.05) is 141 Å². The monoisotopic (exact) mass is 751 g/mol. The van der Waals surface area contributed by atoms with Gasteiger partial charge in [-0.3, -0.25) is 0 Å². The third-order valence-electron chi connectivity index (χ3n) is 11.9. The summed E-state index contributed by atoms with van der Waals surface area (Å²) in [6, 6.07) is 14.6. The molecule has 8 nitrogen and oxygen atoms in total. The lowest BCUT2D eigenvalue weighted by Crippen LogP contribution is -2.43. The predicted octanol–water partition coefficient (Wildman–Crippen LogP) is 11.4. The van der Waals surface area contributed by atoms with Gasteiger partial charge in [0.25, 0.3) is 0 Å². The van der Waals surface area contributed by atoms with E-state index in [1.165, 1.54) is 116 Å². The Balaban J connectivity index is 1.11. The highest BCUT2D eigenvalue weighted by Crippen LogP contribution is 2.35. The van der Waals surface area contributed by atoms with Crippen molar-refractivity contribution in [3.05, 3.63) is 59.7 Å². The summed E-state index contributed by atoms with van der Waals surface area (Å²) in [7, 11) is 0. The maximum atomic E-state index is 12.1. The molecule has 54 heavy (non-hydrogen) atoms. The normalized spacial score (nSPS) is 21.3. The van der Waals surface area contributed by atoms with Crippen LogP contribution < -0.4 is 9.47 Å². The molecule has 2 aromatic rings. The van der Waals surface area contributed by atoms with Gasteiger partial charge in [-0.05, 0) is 84.7 Å². The molecule has 2 aliphatic carbocycles. The molecule has 0 saturated heterocycles. The van der Waals surface area contributed by atoms with Crippen molar-refractivity contribution in [2.45, 2.75) is 168 Å². The van der Waals surface area contributed by atoms with Crippen molar-refractivity contribution in [2.24, 2.45) is 23.7 Å². The van der Waals surface area contributed by atoms with Crippen LogP contribution in [0.15, 0.2) is 48.5 Å². The molecule has 0 aromatic heterocycles. The maximum absolute atomic E-state index is 12.1. The topological polar surface area (TPSA) is 112 Å². The minimum absolute atomic E-state index is 0.0716. The number of aliphatic carboxylic acids is 2. The number of benzene rings is 2. The minimum atomic E-state index is -1.68. The maximum Gasteiger partial charge on any atom is 0.336 e. The van der Waals surface area contributed by atoms with Crippen molar-refractivity contribution in [3.63, 3.8) is 0 Å². The Morgan fingerprint density at radius 1 is 0.519 bits per heavy atom. The first-order valence-electron chi connectivity index (χ1n) is 21.5. The summed E-state index contributed by atoms with van der Waals surface area (Å²) in [6.07, 6.45) is 22.9. The smallest absolute Gasteiger partial charge is 0.336 e.